The van der Waals surface area contributed by atoms with E-state index in [0.717, 1.165) is 16.1 Å². The Bertz CT molecular complexity index is 1520. The van der Waals surface area contributed by atoms with Crippen molar-refractivity contribution in [1.82, 2.24) is 0 Å². The van der Waals surface area contributed by atoms with Crippen LogP contribution in [0.4, 0.5) is 0 Å². The molecule has 1 aliphatic carbocycles. The largest absolute Gasteiger partial charge is 0.0894 e. The highest BCUT2D eigenvalue weighted by Gasteiger charge is 2.50. The molecule has 2 aliphatic rings. The summed E-state index contributed by atoms with van der Waals surface area (Å²) >= 11 is 8.50. The predicted octanol–water partition coefficient (Wildman–Crippen LogP) is 8.83. The van der Waals surface area contributed by atoms with Crippen LogP contribution in [-0.4, -0.2) is 0 Å². The first-order chi connectivity index (χ1) is 16.3. The molecule has 0 unspecified atom stereocenters. The number of halogens is 1. The standard InChI is InChI=1S/C31H19ClS/c32-28-15-7-3-9-21(28)20-17-18-30-27(19-20)31(26-14-6-8-16-29(26)33-30)24-12-4-1-10-22(24)23-11-2-5-13-25(23)31/h1-19H. The first-order valence-corrected chi connectivity index (χ1v) is 12.3. The highest BCUT2D eigenvalue weighted by molar-refractivity contribution is 7.99. The van der Waals surface area contributed by atoms with Gasteiger partial charge in [-0.05, 0) is 63.2 Å². The monoisotopic (exact) mass is 458 g/mol. The third-order valence-corrected chi connectivity index (χ3v) is 8.51. The van der Waals surface area contributed by atoms with E-state index in [-0.39, 0.29) is 5.41 Å². The van der Waals surface area contributed by atoms with Crippen LogP contribution < -0.4 is 0 Å². The van der Waals surface area contributed by atoms with Crippen molar-refractivity contribution in [3.8, 4) is 22.3 Å². The molecule has 0 atom stereocenters. The number of hydrogen-bond donors (Lipinski definition) is 0. The molecule has 0 aromatic heterocycles. The normalized spacial score (nSPS) is 14.3. The fraction of sp³-hybridized carbons (Fsp3) is 0.0323. The van der Waals surface area contributed by atoms with Crippen LogP contribution in [0.3, 0.4) is 0 Å². The summed E-state index contributed by atoms with van der Waals surface area (Å²) in [5, 5.41) is 0.780. The van der Waals surface area contributed by atoms with Gasteiger partial charge in [-0.2, -0.15) is 0 Å². The Morgan fingerprint density at radius 3 is 1.73 bits per heavy atom. The van der Waals surface area contributed by atoms with E-state index in [4.69, 9.17) is 11.6 Å². The van der Waals surface area contributed by atoms with Gasteiger partial charge >= 0.3 is 0 Å². The fourth-order valence-electron chi connectivity index (χ4n) is 5.72. The maximum Gasteiger partial charge on any atom is 0.0735 e. The second-order valence-electron chi connectivity index (χ2n) is 8.63. The molecular formula is C31H19ClS. The Hall–Kier alpha value is -3.26. The molecule has 33 heavy (non-hydrogen) atoms. The summed E-state index contributed by atoms with van der Waals surface area (Å²) in [7, 11) is 0. The summed E-state index contributed by atoms with van der Waals surface area (Å²) in [4.78, 5) is 2.62. The highest BCUT2D eigenvalue weighted by Crippen LogP contribution is 2.62. The Kier molecular flexibility index (Phi) is 4.15. The molecule has 2 heteroatoms. The van der Waals surface area contributed by atoms with E-state index in [9.17, 15) is 0 Å². The van der Waals surface area contributed by atoms with Gasteiger partial charge in [0.05, 0.1) is 5.41 Å². The molecule has 0 fully saturated rings. The van der Waals surface area contributed by atoms with Crippen molar-refractivity contribution in [2.24, 2.45) is 0 Å². The molecule has 1 spiro atoms. The molecule has 5 aromatic carbocycles. The third-order valence-electron chi connectivity index (χ3n) is 7.03. The van der Waals surface area contributed by atoms with Gasteiger partial charge in [0, 0.05) is 20.4 Å². The minimum atomic E-state index is -0.346. The molecule has 1 aliphatic heterocycles. The molecule has 0 saturated heterocycles. The van der Waals surface area contributed by atoms with Crippen molar-refractivity contribution in [2.45, 2.75) is 15.2 Å². The maximum absolute atomic E-state index is 6.63. The lowest BCUT2D eigenvalue weighted by Gasteiger charge is -2.40. The quantitative estimate of drug-likeness (QED) is 0.237. The van der Waals surface area contributed by atoms with E-state index in [2.05, 4.69) is 103 Å². The molecule has 0 nitrogen and oxygen atoms in total. The second kappa shape index (κ2) is 7.12. The summed E-state index contributed by atoms with van der Waals surface area (Å²) in [6.45, 7) is 0. The summed E-state index contributed by atoms with van der Waals surface area (Å²) in [5.41, 5.74) is 9.93. The molecule has 156 valence electrons. The van der Waals surface area contributed by atoms with Crippen molar-refractivity contribution >= 4 is 23.4 Å². The van der Waals surface area contributed by atoms with E-state index in [1.54, 1.807) is 0 Å². The van der Waals surface area contributed by atoms with Crippen molar-refractivity contribution < 1.29 is 0 Å². The average Bonchev–Trinajstić information content (AvgIpc) is 3.16. The summed E-state index contributed by atoms with van der Waals surface area (Å²) in [6.07, 6.45) is 0. The van der Waals surface area contributed by atoms with Crippen LogP contribution in [0, 0.1) is 0 Å². The van der Waals surface area contributed by atoms with E-state index in [1.165, 1.54) is 43.2 Å². The Morgan fingerprint density at radius 2 is 1.03 bits per heavy atom. The first-order valence-electron chi connectivity index (χ1n) is 11.1. The molecule has 7 rings (SSSR count). The van der Waals surface area contributed by atoms with Gasteiger partial charge in [0.1, 0.15) is 0 Å². The highest BCUT2D eigenvalue weighted by atomic mass is 35.5. The molecule has 0 bridgehead atoms. The van der Waals surface area contributed by atoms with Gasteiger partial charge in [-0.1, -0.05) is 114 Å². The van der Waals surface area contributed by atoms with Crippen LogP contribution in [0.5, 0.6) is 0 Å². The number of benzene rings is 5. The minimum Gasteiger partial charge on any atom is -0.0894 e. The second-order valence-corrected chi connectivity index (χ2v) is 10.1. The zero-order valence-corrected chi connectivity index (χ0v) is 19.3. The molecule has 5 aromatic rings. The van der Waals surface area contributed by atoms with Crippen molar-refractivity contribution in [3.05, 3.63) is 143 Å². The Balaban J connectivity index is 1.63. The van der Waals surface area contributed by atoms with Crippen molar-refractivity contribution in [3.63, 3.8) is 0 Å². The van der Waals surface area contributed by atoms with Crippen LogP contribution in [0.2, 0.25) is 5.02 Å². The smallest absolute Gasteiger partial charge is 0.0735 e. The summed E-state index contributed by atoms with van der Waals surface area (Å²) in [6, 6.07) is 41.7. The van der Waals surface area contributed by atoms with Gasteiger partial charge in [0.2, 0.25) is 0 Å². The molecule has 1 heterocycles. The lowest BCUT2D eigenvalue weighted by molar-refractivity contribution is 0.723. The van der Waals surface area contributed by atoms with Crippen LogP contribution in [0.1, 0.15) is 22.3 Å². The topological polar surface area (TPSA) is 0 Å². The Morgan fingerprint density at radius 1 is 0.485 bits per heavy atom. The van der Waals surface area contributed by atoms with Gasteiger partial charge in [-0.25, -0.2) is 0 Å². The Labute approximate surface area is 202 Å². The van der Waals surface area contributed by atoms with Crippen LogP contribution >= 0.6 is 23.4 Å². The summed E-state index contributed by atoms with van der Waals surface area (Å²) < 4.78 is 0. The van der Waals surface area contributed by atoms with E-state index in [1.807, 2.05) is 23.9 Å². The zero-order valence-electron chi connectivity index (χ0n) is 17.8. The van der Waals surface area contributed by atoms with Crippen LogP contribution in [-0.2, 0) is 5.41 Å². The van der Waals surface area contributed by atoms with Gasteiger partial charge < -0.3 is 0 Å². The number of rotatable bonds is 1. The number of hydrogen-bond acceptors (Lipinski definition) is 1. The fourth-order valence-corrected chi connectivity index (χ4v) is 7.14. The maximum atomic E-state index is 6.63. The van der Waals surface area contributed by atoms with Gasteiger partial charge in [0.15, 0.2) is 0 Å². The SMILES string of the molecule is Clc1ccccc1-c1ccc2c(c1)C1(c3ccccc3S2)c2ccccc2-c2ccccc21. The lowest BCUT2D eigenvalue weighted by Crippen LogP contribution is -2.32. The zero-order chi connectivity index (χ0) is 22.0. The summed E-state index contributed by atoms with van der Waals surface area (Å²) in [5.74, 6) is 0. The molecular weight excluding hydrogens is 440 g/mol. The molecule has 0 amide bonds. The molecule has 0 saturated carbocycles. The van der Waals surface area contributed by atoms with E-state index >= 15 is 0 Å². The van der Waals surface area contributed by atoms with Gasteiger partial charge in [0.25, 0.3) is 0 Å². The van der Waals surface area contributed by atoms with Crippen LogP contribution in [0.25, 0.3) is 22.3 Å². The minimum absolute atomic E-state index is 0.346. The average molecular weight is 459 g/mol. The lowest BCUT2D eigenvalue weighted by atomic mass is 9.67. The van der Waals surface area contributed by atoms with Crippen molar-refractivity contribution in [2.75, 3.05) is 0 Å². The third kappa shape index (κ3) is 2.55. The van der Waals surface area contributed by atoms with Gasteiger partial charge in [-0.3, -0.25) is 0 Å². The predicted molar refractivity (Wildman–Crippen MR) is 138 cm³/mol. The van der Waals surface area contributed by atoms with Crippen LogP contribution in [0.15, 0.2) is 125 Å². The van der Waals surface area contributed by atoms with Crippen molar-refractivity contribution in [1.29, 1.82) is 0 Å². The first kappa shape index (κ1) is 19.2. The molecule has 0 radical (unpaired) electrons. The number of fused-ring (bicyclic) bond motifs is 9. The van der Waals surface area contributed by atoms with E-state index in [0.29, 0.717) is 0 Å². The van der Waals surface area contributed by atoms with E-state index < -0.39 is 0 Å². The van der Waals surface area contributed by atoms with Gasteiger partial charge in [-0.15, -0.1) is 0 Å². The molecule has 0 N–H and O–H groups in total.